The Morgan fingerprint density at radius 1 is 1.09 bits per heavy atom. The molecule has 23 heavy (non-hydrogen) atoms. The maximum Gasteiger partial charge on any atom is 0.243 e. The number of amides is 2. The Kier molecular flexibility index (Phi) is 5.42. The van der Waals surface area contributed by atoms with Crippen LogP contribution >= 0.6 is 0 Å². The standard InChI is InChI=1S/C17H14FN3O2/c18-14-5-1-3-12(7-14)9-16(22)20-11-17(23)21-15-6-2-4-13(8-15)10-19/h1-8H,9,11H2,(H,20,22)(H,21,23). The lowest BCUT2D eigenvalue weighted by Crippen LogP contribution is -2.33. The van der Waals surface area contributed by atoms with Gasteiger partial charge < -0.3 is 10.6 Å². The van der Waals surface area contributed by atoms with E-state index < -0.39 is 11.7 Å². The summed E-state index contributed by atoms with van der Waals surface area (Å²) in [6.07, 6.45) is -0.00500. The molecular weight excluding hydrogens is 297 g/mol. The third-order valence-electron chi connectivity index (χ3n) is 2.98. The number of hydrogen-bond acceptors (Lipinski definition) is 3. The van der Waals surface area contributed by atoms with Crippen LogP contribution in [-0.4, -0.2) is 18.4 Å². The van der Waals surface area contributed by atoms with Crippen molar-refractivity contribution in [2.24, 2.45) is 0 Å². The SMILES string of the molecule is N#Cc1cccc(NC(=O)CNC(=O)Cc2cccc(F)c2)c1. The number of nitrogens with one attached hydrogen (secondary N) is 2. The van der Waals surface area contributed by atoms with Gasteiger partial charge in [-0.25, -0.2) is 4.39 Å². The predicted octanol–water partition coefficient (Wildman–Crippen LogP) is 1.99. The smallest absolute Gasteiger partial charge is 0.243 e. The summed E-state index contributed by atoms with van der Waals surface area (Å²) in [5, 5.41) is 13.8. The Labute approximate surface area is 132 Å². The van der Waals surface area contributed by atoms with Crippen LogP contribution in [0.3, 0.4) is 0 Å². The van der Waals surface area contributed by atoms with E-state index in [9.17, 15) is 14.0 Å². The number of benzene rings is 2. The van der Waals surface area contributed by atoms with Gasteiger partial charge >= 0.3 is 0 Å². The quantitative estimate of drug-likeness (QED) is 0.886. The van der Waals surface area contributed by atoms with Crippen LogP contribution in [0, 0.1) is 17.1 Å². The molecule has 6 heteroatoms. The molecule has 0 saturated carbocycles. The largest absolute Gasteiger partial charge is 0.347 e. The average Bonchev–Trinajstić information content (AvgIpc) is 2.53. The van der Waals surface area contributed by atoms with Gasteiger partial charge in [-0.1, -0.05) is 18.2 Å². The van der Waals surface area contributed by atoms with E-state index in [4.69, 9.17) is 5.26 Å². The first kappa shape index (κ1) is 16.2. The highest BCUT2D eigenvalue weighted by Crippen LogP contribution is 2.09. The van der Waals surface area contributed by atoms with Gasteiger partial charge in [0.1, 0.15) is 5.82 Å². The van der Waals surface area contributed by atoms with Crippen LogP contribution in [-0.2, 0) is 16.0 Å². The van der Waals surface area contributed by atoms with Crippen LogP contribution in [0.25, 0.3) is 0 Å². The molecule has 2 N–H and O–H groups in total. The minimum atomic E-state index is -0.412. The minimum Gasteiger partial charge on any atom is -0.347 e. The molecule has 0 aliphatic carbocycles. The first-order valence-corrected chi connectivity index (χ1v) is 6.88. The molecule has 0 aliphatic heterocycles. The van der Waals surface area contributed by atoms with E-state index in [-0.39, 0.29) is 18.9 Å². The number of rotatable bonds is 5. The molecule has 0 radical (unpaired) electrons. The van der Waals surface area contributed by atoms with Crippen molar-refractivity contribution in [1.29, 1.82) is 5.26 Å². The van der Waals surface area contributed by atoms with E-state index in [0.29, 0.717) is 16.8 Å². The normalized spacial score (nSPS) is 9.74. The number of anilines is 1. The summed E-state index contributed by atoms with van der Waals surface area (Å²) < 4.78 is 13.0. The molecule has 0 heterocycles. The van der Waals surface area contributed by atoms with Crippen molar-refractivity contribution in [2.75, 3.05) is 11.9 Å². The van der Waals surface area contributed by atoms with Gasteiger partial charge in [0, 0.05) is 5.69 Å². The van der Waals surface area contributed by atoms with Crippen LogP contribution in [0.15, 0.2) is 48.5 Å². The van der Waals surface area contributed by atoms with Crippen molar-refractivity contribution in [2.45, 2.75) is 6.42 Å². The molecule has 2 aromatic rings. The molecule has 0 spiro atoms. The van der Waals surface area contributed by atoms with Gasteiger partial charge in [0.25, 0.3) is 0 Å². The van der Waals surface area contributed by atoms with E-state index >= 15 is 0 Å². The van der Waals surface area contributed by atoms with Crippen LogP contribution in [0.1, 0.15) is 11.1 Å². The number of hydrogen-bond donors (Lipinski definition) is 2. The van der Waals surface area contributed by atoms with Gasteiger partial charge in [-0.15, -0.1) is 0 Å². The highest BCUT2D eigenvalue weighted by atomic mass is 19.1. The Morgan fingerprint density at radius 2 is 1.87 bits per heavy atom. The zero-order valence-electron chi connectivity index (χ0n) is 12.2. The van der Waals surface area contributed by atoms with Crippen LogP contribution in [0.4, 0.5) is 10.1 Å². The highest BCUT2D eigenvalue weighted by molar-refractivity contribution is 5.94. The second-order valence-electron chi connectivity index (χ2n) is 4.82. The molecule has 116 valence electrons. The number of carbonyl (C=O) groups excluding carboxylic acids is 2. The molecule has 0 aliphatic rings. The summed E-state index contributed by atoms with van der Waals surface area (Å²) in [6.45, 7) is -0.203. The van der Waals surface area contributed by atoms with Gasteiger partial charge in [-0.2, -0.15) is 5.26 Å². The fraction of sp³-hybridized carbons (Fsp3) is 0.118. The van der Waals surface area contributed by atoms with Crippen LogP contribution in [0.2, 0.25) is 0 Å². The minimum absolute atomic E-state index is 0.00500. The second-order valence-corrected chi connectivity index (χ2v) is 4.82. The molecule has 0 fully saturated rings. The molecule has 0 saturated heterocycles. The Bertz CT molecular complexity index is 768. The summed E-state index contributed by atoms with van der Waals surface area (Å²) in [4.78, 5) is 23.5. The first-order chi connectivity index (χ1) is 11.1. The highest BCUT2D eigenvalue weighted by Gasteiger charge is 2.08. The fourth-order valence-corrected chi connectivity index (χ4v) is 1.95. The Balaban J connectivity index is 1.82. The maximum atomic E-state index is 13.0. The molecule has 2 amide bonds. The maximum absolute atomic E-state index is 13.0. The van der Waals surface area contributed by atoms with Crippen molar-refractivity contribution in [3.63, 3.8) is 0 Å². The predicted molar refractivity (Wildman–Crippen MR) is 82.9 cm³/mol. The first-order valence-electron chi connectivity index (χ1n) is 6.88. The zero-order valence-corrected chi connectivity index (χ0v) is 12.2. The third-order valence-corrected chi connectivity index (χ3v) is 2.98. The molecule has 2 aromatic carbocycles. The second kappa shape index (κ2) is 7.71. The van der Waals surface area contributed by atoms with Gasteiger partial charge in [-0.05, 0) is 35.9 Å². The summed E-state index contributed by atoms with van der Waals surface area (Å²) in [6, 6.07) is 14.1. The average molecular weight is 311 g/mol. The molecule has 0 unspecified atom stereocenters. The third kappa shape index (κ3) is 5.25. The van der Waals surface area contributed by atoms with Crippen LogP contribution in [0.5, 0.6) is 0 Å². The van der Waals surface area contributed by atoms with Gasteiger partial charge in [-0.3, -0.25) is 9.59 Å². The summed E-state index contributed by atoms with van der Waals surface area (Å²) in [5.74, 6) is -1.20. The lowest BCUT2D eigenvalue weighted by Gasteiger charge is -2.07. The van der Waals surface area contributed by atoms with Crippen molar-refractivity contribution in [3.05, 3.63) is 65.5 Å². The summed E-state index contributed by atoms with van der Waals surface area (Å²) in [7, 11) is 0. The zero-order chi connectivity index (χ0) is 16.7. The summed E-state index contributed by atoms with van der Waals surface area (Å²) >= 11 is 0. The topological polar surface area (TPSA) is 82.0 Å². The lowest BCUT2D eigenvalue weighted by atomic mass is 10.1. The number of halogens is 1. The van der Waals surface area contributed by atoms with Crippen molar-refractivity contribution in [3.8, 4) is 6.07 Å². The lowest BCUT2D eigenvalue weighted by molar-refractivity contribution is -0.123. The van der Waals surface area contributed by atoms with E-state index in [0.717, 1.165) is 0 Å². The Hall–Kier alpha value is -3.20. The van der Waals surface area contributed by atoms with Crippen LogP contribution < -0.4 is 10.6 Å². The number of carbonyl (C=O) groups is 2. The van der Waals surface area contributed by atoms with Crippen molar-refractivity contribution >= 4 is 17.5 Å². The molecule has 0 atom stereocenters. The number of nitrogens with zero attached hydrogens (tertiary/aromatic N) is 1. The molecular formula is C17H14FN3O2. The van der Waals surface area contributed by atoms with Crippen molar-refractivity contribution < 1.29 is 14.0 Å². The fourth-order valence-electron chi connectivity index (χ4n) is 1.95. The van der Waals surface area contributed by atoms with E-state index in [1.165, 1.54) is 24.3 Å². The van der Waals surface area contributed by atoms with E-state index in [1.54, 1.807) is 24.3 Å². The summed E-state index contributed by atoms with van der Waals surface area (Å²) in [5.41, 5.74) is 1.44. The van der Waals surface area contributed by atoms with E-state index in [2.05, 4.69) is 10.6 Å². The Morgan fingerprint density at radius 3 is 2.61 bits per heavy atom. The van der Waals surface area contributed by atoms with E-state index in [1.807, 2.05) is 6.07 Å². The molecule has 0 aromatic heterocycles. The van der Waals surface area contributed by atoms with Gasteiger partial charge in [0.2, 0.25) is 11.8 Å². The molecule has 5 nitrogen and oxygen atoms in total. The molecule has 0 bridgehead atoms. The van der Waals surface area contributed by atoms with Gasteiger partial charge in [0.15, 0.2) is 0 Å². The van der Waals surface area contributed by atoms with Crippen molar-refractivity contribution in [1.82, 2.24) is 5.32 Å². The molecule has 2 rings (SSSR count). The number of nitriles is 1. The monoisotopic (exact) mass is 311 g/mol. The van der Waals surface area contributed by atoms with Gasteiger partial charge in [0.05, 0.1) is 24.6 Å².